The van der Waals surface area contributed by atoms with Crippen LogP contribution in [0.15, 0.2) is 54.9 Å². The lowest BCUT2D eigenvalue weighted by Crippen LogP contribution is -2.62. The summed E-state index contributed by atoms with van der Waals surface area (Å²) in [5.41, 5.74) is 1.87. The molecule has 0 bridgehead atoms. The summed E-state index contributed by atoms with van der Waals surface area (Å²) in [5.74, 6) is -0.0888. The van der Waals surface area contributed by atoms with E-state index in [0.29, 0.717) is 65.3 Å². The summed E-state index contributed by atoms with van der Waals surface area (Å²) in [6.45, 7) is 2.96. The number of likely N-dealkylation sites (N-methyl/N-ethyl adjacent to an activating group) is 1. The molecule has 1 aliphatic rings. The fourth-order valence-electron chi connectivity index (χ4n) is 5.33. The molecule has 1 fully saturated rings. The molecule has 0 saturated carbocycles. The average Bonchev–Trinajstić information content (AvgIpc) is 3.43. The standard InChI is InChI=1S/C30H32Cl2N8O4/c1-3-37-30(29(43)34-16-23(41)33-17-24(42)44-2)12-14-39(15-13-30)27-25-28(36-18-35-27)40(20-10-8-19(31)9-11-20)26(38-25)21-6-4-5-7-22(21)32/h4-11,18,37H,3,12-17H2,1-2H3,(H,33,41)(H,34,43). The van der Waals surface area contributed by atoms with E-state index in [1.54, 1.807) is 12.1 Å². The van der Waals surface area contributed by atoms with Crippen molar-refractivity contribution in [3.8, 4) is 17.1 Å². The predicted octanol–water partition coefficient (Wildman–Crippen LogP) is 3.14. The number of hydrogen-bond donors (Lipinski definition) is 3. The van der Waals surface area contributed by atoms with Crippen LogP contribution in [0.3, 0.4) is 0 Å². The number of imidazole rings is 1. The Morgan fingerprint density at radius 2 is 1.70 bits per heavy atom. The number of carbonyl (C=O) groups excluding carboxylic acids is 3. The van der Waals surface area contributed by atoms with Gasteiger partial charge in [0.25, 0.3) is 0 Å². The molecule has 4 aromatic rings. The highest BCUT2D eigenvalue weighted by Gasteiger charge is 2.41. The van der Waals surface area contributed by atoms with Crippen molar-refractivity contribution in [2.24, 2.45) is 0 Å². The molecular formula is C30H32Cl2N8O4. The first kappa shape index (κ1) is 31.2. The minimum atomic E-state index is -0.884. The number of halogens is 2. The van der Waals surface area contributed by atoms with Crippen LogP contribution in [-0.4, -0.2) is 82.7 Å². The average molecular weight is 640 g/mol. The van der Waals surface area contributed by atoms with Gasteiger partial charge in [0.2, 0.25) is 11.8 Å². The third kappa shape index (κ3) is 6.47. The Bertz CT molecular complexity index is 1670. The van der Waals surface area contributed by atoms with Crippen LogP contribution in [0.2, 0.25) is 10.0 Å². The Morgan fingerprint density at radius 3 is 2.39 bits per heavy atom. The number of rotatable bonds is 10. The molecule has 230 valence electrons. The van der Waals surface area contributed by atoms with Crippen LogP contribution in [0, 0.1) is 0 Å². The summed E-state index contributed by atoms with van der Waals surface area (Å²) in [6.07, 6.45) is 2.42. The van der Waals surface area contributed by atoms with E-state index in [4.69, 9.17) is 28.2 Å². The van der Waals surface area contributed by atoms with Crippen molar-refractivity contribution in [2.75, 3.05) is 44.7 Å². The molecule has 2 aromatic carbocycles. The molecule has 0 atom stereocenters. The van der Waals surface area contributed by atoms with Crippen LogP contribution in [-0.2, 0) is 19.1 Å². The number of aromatic nitrogens is 4. The summed E-state index contributed by atoms with van der Waals surface area (Å²) in [4.78, 5) is 53.1. The third-order valence-corrected chi connectivity index (χ3v) is 8.14. The number of benzene rings is 2. The van der Waals surface area contributed by atoms with E-state index in [0.717, 1.165) is 11.3 Å². The SMILES string of the molecule is CCNC1(C(=O)NCC(=O)NCC(=O)OC)CCN(c2ncnc3c2nc(-c2ccccc2Cl)n3-c2ccc(Cl)cc2)CC1. The lowest BCUT2D eigenvalue weighted by molar-refractivity contribution is -0.141. The fraction of sp³-hybridized carbons (Fsp3) is 0.333. The summed E-state index contributed by atoms with van der Waals surface area (Å²) in [5, 5.41) is 9.63. The van der Waals surface area contributed by atoms with Gasteiger partial charge in [-0.2, -0.15) is 0 Å². The number of fused-ring (bicyclic) bond motifs is 1. The molecule has 0 unspecified atom stereocenters. The lowest BCUT2D eigenvalue weighted by Gasteiger charge is -2.41. The van der Waals surface area contributed by atoms with Gasteiger partial charge in [-0.05, 0) is 55.8 Å². The minimum Gasteiger partial charge on any atom is -0.468 e. The second-order valence-electron chi connectivity index (χ2n) is 10.2. The second kappa shape index (κ2) is 13.6. The summed E-state index contributed by atoms with van der Waals surface area (Å²) in [6, 6.07) is 14.9. The Morgan fingerprint density at radius 1 is 0.977 bits per heavy atom. The van der Waals surface area contributed by atoms with Gasteiger partial charge in [-0.25, -0.2) is 15.0 Å². The number of hydrogen-bond acceptors (Lipinski definition) is 9. The van der Waals surface area contributed by atoms with E-state index in [1.165, 1.54) is 13.4 Å². The van der Waals surface area contributed by atoms with Gasteiger partial charge in [0, 0.05) is 29.4 Å². The fourth-order valence-corrected chi connectivity index (χ4v) is 5.67. The molecule has 5 rings (SSSR count). The molecule has 3 N–H and O–H groups in total. The van der Waals surface area contributed by atoms with Crippen molar-refractivity contribution < 1.29 is 19.1 Å². The number of esters is 1. The van der Waals surface area contributed by atoms with Gasteiger partial charge in [0.1, 0.15) is 24.2 Å². The van der Waals surface area contributed by atoms with Gasteiger partial charge in [0.05, 0.1) is 18.7 Å². The molecule has 1 saturated heterocycles. The summed E-state index contributed by atoms with van der Waals surface area (Å²) in [7, 11) is 1.23. The van der Waals surface area contributed by atoms with Gasteiger partial charge in [0.15, 0.2) is 17.0 Å². The first-order valence-electron chi connectivity index (χ1n) is 14.1. The van der Waals surface area contributed by atoms with Gasteiger partial charge in [-0.3, -0.25) is 19.0 Å². The van der Waals surface area contributed by atoms with Crippen LogP contribution in [0.25, 0.3) is 28.2 Å². The Labute approximate surface area is 264 Å². The zero-order valence-electron chi connectivity index (χ0n) is 24.3. The van der Waals surface area contributed by atoms with Crippen LogP contribution < -0.4 is 20.9 Å². The van der Waals surface area contributed by atoms with Crippen LogP contribution in [0.4, 0.5) is 5.82 Å². The summed E-state index contributed by atoms with van der Waals surface area (Å²) < 4.78 is 6.46. The maximum atomic E-state index is 13.4. The number of amides is 2. The molecule has 0 radical (unpaired) electrons. The Hall–Kier alpha value is -4.26. The monoisotopic (exact) mass is 638 g/mol. The number of methoxy groups -OCH3 is 1. The molecule has 0 aliphatic carbocycles. The van der Waals surface area contributed by atoms with Crippen molar-refractivity contribution >= 4 is 58.0 Å². The maximum Gasteiger partial charge on any atom is 0.325 e. The lowest BCUT2D eigenvalue weighted by atomic mass is 9.86. The van der Waals surface area contributed by atoms with Crippen molar-refractivity contribution in [3.05, 3.63) is 64.9 Å². The van der Waals surface area contributed by atoms with E-state index >= 15 is 0 Å². The smallest absolute Gasteiger partial charge is 0.325 e. The molecule has 12 nitrogen and oxygen atoms in total. The molecule has 0 spiro atoms. The largest absolute Gasteiger partial charge is 0.468 e. The van der Waals surface area contributed by atoms with Crippen LogP contribution in [0.5, 0.6) is 0 Å². The Balaban J connectivity index is 1.41. The predicted molar refractivity (Wildman–Crippen MR) is 168 cm³/mol. The number of nitrogens with zero attached hydrogens (tertiary/aromatic N) is 5. The number of piperidine rings is 1. The quantitative estimate of drug-likeness (QED) is 0.223. The molecule has 2 amide bonds. The summed E-state index contributed by atoms with van der Waals surface area (Å²) >= 11 is 12.8. The Kier molecular flexibility index (Phi) is 9.62. The number of nitrogens with one attached hydrogen (secondary N) is 3. The highest BCUT2D eigenvalue weighted by Crippen LogP contribution is 2.36. The van der Waals surface area contributed by atoms with Gasteiger partial charge >= 0.3 is 5.97 Å². The normalized spacial score (nSPS) is 14.3. The molecule has 44 heavy (non-hydrogen) atoms. The van der Waals surface area contributed by atoms with Crippen molar-refractivity contribution in [3.63, 3.8) is 0 Å². The van der Waals surface area contributed by atoms with Gasteiger partial charge < -0.3 is 25.6 Å². The van der Waals surface area contributed by atoms with Gasteiger partial charge in [-0.15, -0.1) is 0 Å². The van der Waals surface area contributed by atoms with E-state index in [2.05, 4.69) is 35.6 Å². The van der Waals surface area contributed by atoms with Gasteiger partial charge in [-0.1, -0.05) is 42.3 Å². The van der Waals surface area contributed by atoms with Crippen molar-refractivity contribution in [1.29, 1.82) is 0 Å². The van der Waals surface area contributed by atoms with E-state index in [9.17, 15) is 14.4 Å². The van der Waals surface area contributed by atoms with Crippen LogP contribution in [0.1, 0.15) is 19.8 Å². The zero-order valence-corrected chi connectivity index (χ0v) is 25.8. The third-order valence-electron chi connectivity index (χ3n) is 7.56. The van der Waals surface area contributed by atoms with E-state index in [-0.39, 0.29) is 19.0 Å². The van der Waals surface area contributed by atoms with Crippen molar-refractivity contribution in [1.82, 2.24) is 35.5 Å². The molecule has 1 aliphatic heterocycles. The van der Waals surface area contributed by atoms with Crippen molar-refractivity contribution in [2.45, 2.75) is 25.3 Å². The van der Waals surface area contributed by atoms with E-state index < -0.39 is 17.4 Å². The van der Waals surface area contributed by atoms with Crippen LogP contribution >= 0.6 is 23.2 Å². The van der Waals surface area contributed by atoms with E-state index in [1.807, 2.05) is 47.9 Å². The first-order chi connectivity index (χ1) is 21.3. The number of ether oxygens (including phenoxy) is 1. The topological polar surface area (TPSA) is 143 Å². The number of carbonyl (C=O) groups is 3. The first-order valence-corrected chi connectivity index (χ1v) is 14.9. The maximum absolute atomic E-state index is 13.4. The highest BCUT2D eigenvalue weighted by molar-refractivity contribution is 6.33. The number of anilines is 1. The highest BCUT2D eigenvalue weighted by atomic mass is 35.5. The second-order valence-corrected chi connectivity index (χ2v) is 11.1. The minimum absolute atomic E-state index is 0.258. The molecule has 3 heterocycles. The zero-order chi connectivity index (χ0) is 31.3. The molecule has 2 aromatic heterocycles. The molecular weight excluding hydrogens is 607 g/mol. The molecule has 14 heteroatoms.